The lowest BCUT2D eigenvalue weighted by molar-refractivity contribution is 0.919. The molecule has 0 fully saturated rings. The summed E-state index contributed by atoms with van der Waals surface area (Å²) in [5, 5.41) is 0. The minimum atomic E-state index is 0.474. The molecular formula is C18H20. The van der Waals surface area contributed by atoms with E-state index in [1.165, 1.54) is 22.3 Å². The maximum Gasteiger partial charge on any atom is 0.00728 e. The maximum atomic E-state index is 2.28. The summed E-state index contributed by atoms with van der Waals surface area (Å²) in [5.74, 6) is 0.474. The van der Waals surface area contributed by atoms with Crippen molar-refractivity contribution in [3.63, 3.8) is 0 Å². The smallest absolute Gasteiger partial charge is 0.00728 e. The Kier molecular flexibility index (Phi) is 3.99. The number of hydrogen-bond donors (Lipinski definition) is 0. The van der Waals surface area contributed by atoms with Gasteiger partial charge in [-0.05, 0) is 22.3 Å². The second kappa shape index (κ2) is 5.68. The first-order valence-corrected chi connectivity index (χ1v) is 6.72. The molecule has 0 saturated heterocycles. The first kappa shape index (κ1) is 12.6. The fourth-order valence-corrected chi connectivity index (χ4v) is 2.46. The van der Waals surface area contributed by atoms with Gasteiger partial charge in [0.1, 0.15) is 0 Å². The Morgan fingerprint density at radius 3 is 1.50 bits per heavy atom. The highest BCUT2D eigenvalue weighted by Crippen LogP contribution is 2.33. The van der Waals surface area contributed by atoms with Gasteiger partial charge in [0.25, 0.3) is 0 Å². The van der Waals surface area contributed by atoms with E-state index in [0.29, 0.717) is 5.92 Å². The van der Waals surface area contributed by atoms with E-state index >= 15 is 0 Å². The van der Waals surface area contributed by atoms with Gasteiger partial charge in [0.2, 0.25) is 0 Å². The quantitative estimate of drug-likeness (QED) is 0.578. The summed E-state index contributed by atoms with van der Waals surface area (Å²) >= 11 is 0. The molecule has 2 aromatic carbocycles. The molecule has 92 valence electrons. The van der Waals surface area contributed by atoms with Gasteiger partial charge in [-0.2, -0.15) is 0 Å². The molecule has 0 unspecified atom stereocenters. The monoisotopic (exact) mass is 236 g/mol. The van der Waals surface area contributed by atoms with Crippen LogP contribution < -0.4 is 0 Å². The van der Waals surface area contributed by atoms with Crippen molar-refractivity contribution in [2.24, 2.45) is 0 Å². The van der Waals surface area contributed by atoms with Crippen molar-refractivity contribution in [1.29, 1.82) is 0 Å². The van der Waals surface area contributed by atoms with Crippen LogP contribution in [0.3, 0.4) is 0 Å². The van der Waals surface area contributed by atoms with Crippen LogP contribution in [0.2, 0.25) is 0 Å². The van der Waals surface area contributed by atoms with Crippen molar-refractivity contribution in [2.75, 3.05) is 0 Å². The van der Waals surface area contributed by atoms with Crippen LogP contribution in [-0.2, 0) is 0 Å². The summed E-state index contributed by atoms with van der Waals surface area (Å²) in [6, 6.07) is 17.3. The summed E-state index contributed by atoms with van der Waals surface area (Å²) in [4.78, 5) is 0. The van der Waals surface area contributed by atoms with Gasteiger partial charge in [0.15, 0.2) is 0 Å². The standard InChI is InChI=1S/C16H14.C2H6/c1-12-15-8-4-2-6-13(15)10-11-14-7-3-5-9-16(12)14;1-2/h2-12H,1H3;1-2H3. The normalized spacial score (nSPS) is 12.8. The van der Waals surface area contributed by atoms with Crippen LogP contribution in [-0.4, -0.2) is 0 Å². The first-order chi connectivity index (χ1) is 8.86. The van der Waals surface area contributed by atoms with Gasteiger partial charge >= 0.3 is 0 Å². The third-order valence-electron chi connectivity index (χ3n) is 3.37. The number of hydrogen-bond acceptors (Lipinski definition) is 0. The molecule has 0 radical (unpaired) electrons. The number of benzene rings is 2. The zero-order valence-corrected chi connectivity index (χ0v) is 11.4. The van der Waals surface area contributed by atoms with E-state index in [-0.39, 0.29) is 0 Å². The highest BCUT2D eigenvalue weighted by atomic mass is 14.2. The van der Waals surface area contributed by atoms with Crippen molar-refractivity contribution in [1.82, 2.24) is 0 Å². The Labute approximate surface area is 110 Å². The first-order valence-electron chi connectivity index (χ1n) is 6.72. The zero-order valence-electron chi connectivity index (χ0n) is 11.4. The van der Waals surface area contributed by atoms with Gasteiger partial charge < -0.3 is 0 Å². The molecule has 0 heteroatoms. The molecule has 0 N–H and O–H groups in total. The second-order valence-corrected chi connectivity index (χ2v) is 4.31. The number of rotatable bonds is 0. The van der Waals surface area contributed by atoms with Crippen LogP contribution in [0.25, 0.3) is 12.2 Å². The lowest BCUT2D eigenvalue weighted by Gasteiger charge is -2.14. The van der Waals surface area contributed by atoms with E-state index in [2.05, 4.69) is 67.6 Å². The van der Waals surface area contributed by atoms with Gasteiger partial charge in [0, 0.05) is 5.92 Å². The van der Waals surface area contributed by atoms with Gasteiger partial charge in [0.05, 0.1) is 0 Å². The Morgan fingerprint density at radius 2 is 1.06 bits per heavy atom. The fourth-order valence-electron chi connectivity index (χ4n) is 2.46. The summed E-state index contributed by atoms with van der Waals surface area (Å²) in [7, 11) is 0. The van der Waals surface area contributed by atoms with Crippen molar-refractivity contribution >= 4 is 12.2 Å². The Balaban J connectivity index is 0.000000574. The average Bonchev–Trinajstić information content (AvgIpc) is 2.60. The molecule has 0 atom stereocenters. The predicted molar refractivity (Wildman–Crippen MR) is 80.7 cm³/mol. The molecule has 0 spiro atoms. The van der Waals surface area contributed by atoms with E-state index in [0.717, 1.165) is 0 Å². The van der Waals surface area contributed by atoms with Crippen LogP contribution in [0.4, 0.5) is 0 Å². The highest BCUT2D eigenvalue weighted by Gasteiger charge is 2.15. The third kappa shape index (κ3) is 2.24. The molecule has 0 saturated carbocycles. The Morgan fingerprint density at radius 1 is 0.667 bits per heavy atom. The molecule has 0 bridgehead atoms. The van der Waals surface area contributed by atoms with Crippen molar-refractivity contribution in [3.05, 3.63) is 70.8 Å². The van der Waals surface area contributed by atoms with E-state index in [1.54, 1.807) is 0 Å². The molecule has 0 aliphatic heterocycles. The SMILES string of the molecule is CC.CC1c2ccccc2C=Cc2ccccc21. The Hall–Kier alpha value is -1.82. The minimum absolute atomic E-state index is 0.474. The van der Waals surface area contributed by atoms with E-state index < -0.39 is 0 Å². The van der Waals surface area contributed by atoms with Crippen molar-refractivity contribution < 1.29 is 0 Å². The molecule has 3 rings (SSSR count). The molecule has 0 aromatic heterocycles. The maximum absolute atomic E-state index is 2.28. The molecule has 0 heterocycles. The Bertz CT molecular complexity index is 500. The average molecular weight is 236 g/mol. The highest BCUT2D eigenvalue weighted by molar-refractivity contribution is 5.76. The van der Waals surface area contributed by atoms with Crippen molar-refractivity contribution in [2.45, 2.75) is 26.7 Å². The molecule has 0 nitrogen and oxygen atoms in total. The molecule has 18 heavy (non-hydrogen) atoms. The zero-order chi connectivity index (χ0) is 13.0. The fraction of sp³-hybridized carbons (Fsp3) is 0.222. The number of fused-ring (bicyclic) bond motifs is 2. The van der Waals surface area contributed by atoms with Crippen LogP contribution in [0.15, 0.2) is 48.5 Å². The van der Waals surface area contributed by atoms with Crippen LogP contribution >= 0.6 is 0 Å². The largest absolute Gasteiger partial charge is 0.0683 e. The molecule has 0 amide bonds. The predicted octanol–water partition coefficient (Wildman–Crippen LogP) is 5.35. The van der Waals surface area contributed by atoms with Gasteiger partial charge in [-0.1, -0.05) is 81.5 Å². The summed E-state index contributed by atoms with van der Waals surface area (Å²) in [6.07, 6.45) is 4.44. The molecule has 1 aliphatic rings. The minimum Gasteiger partial charge on any atom is -0.0683 e. The molecular weight excluding hydrogens is 216 g/mol. The van der Waals surface area contributed by atoms with Gasteiger partial charge in [-0.25, -0.2) is 0 Å². The van der Waals surface area contributed by atoms with E-state index in [4.69, 9.17) is 0 Å². The van der Waals surface area contributed by atoms with Crippen LogP contribution in [0, 0.1) is 0 Å². The topological polar surface area (TPSA) is 0 Å². The molecule has 1 aliphatic carbocycles. The van der Waals surface area contributed by atoms with Crippen molar-refractivity contribution in [3.8, 4) is 0 Å². The lowest BCUT2D eigenvalue weighted by atomic mass is 9.89. The van der Waals surface area contributed by atoms with Gasteiger partial charge in [-0.15, -0.1) is 0 Å². The second-order valence-electron chi connectivity index (χ2n) is 4.31. The molecule has 2 aromatic rings. The van der Waals surface area contributed by atoms with E-state index in [1.807, 2.05) is 13.8 Å². The lowest BCUT2D eigenvalue weighted by Crippen LogP contribution is -1.98. The van der Waals surface area contributed by atoms with Crippen LogP contribution in [0.5, 0.6) is 0 Å². The third-order valence-corrected chi connectivity index (χ3v) is 3.37. The van der Waals surface area contributed by atoms with E-state index in [9.17, 15) is 0 Å². The summed E-state index contributed by atoms with van der Waals surface area (Å²) < 4.78 is 0. The summed E-state index contributed by atoms with van der Waals surface area (Å²) in [6.45, 7) is 6.28. The van der Waals surface area contributed by atoms with Crippen LogP contribution in [0.1, 0.15) is 48.9 Å². The van der Waals surface area contributed by atoms with Gasteiger partial charge in [-0.3, -0.25) is 0 Å². The summed E-state index contributed by atoms with van der Waals surface area (Å²) in [5.41, 5.74) is 5.52.